The number of likely N-dealkylation sites (N-methyl/N-ethyl adjacent to an activating group) is 1. The van der Waals surface area contributed by atoms with Crippen molar-refractivity contribution in [2.75, 3.05) is 18.5 Å². The largest absolute Gasteiger partial charge is 0.392 e. The summed E-state index contributed by atoms with van der Waals surface area (Å²) in [5, 5.41) is 19.4. The summed E-state index contributed by atoms with van der Waals surface area (Å²) in [6.45, 7) is 2.37. The molecule has 5 heteroatoms. The zero-order valence-corrected chi connectivity index (χ0v) is 11.1. The molecule has 0 amide bonds. The molecule has 0 unspecified atom stereocenters. The molecule has 2 rings (SSSR count). The van der Waals surface area contributed by atoms with Crippen molar-refractivity contribution in [1.29, 1.82) is 0 Å². The van der Waals surface area contributed by atoms with Crippen molar-refractivity contribution >= 4 is 5.95 Å². The Kier molecular flexibility index (Phi) is 3.82. The Bertz CT molecular complexity index is 417. The lowest BCUT2D eigenvalue weighted by Crippen LogP contribution is -2.40. The van der Waals surface area contributed by atoms with Crippen LogP contribution in [0.15, 0.2) is 6.20 Å². The first kappa shape index (κ1) is 13.2. The number of aryl methyl sites for hydroxylation is 1. The van der Waals surface area contributed by atoms with Gasteiger partial charge >= 0.3 is 0 Å². The Morgan fingerprint density at radius 1 is 1.39 bits per heavy atom. The predicted octanol–water partition coefficient (Wildman–Crippen LogP) is 1.02. The van der Waals surface area contributed by atoms with Crippen molar-refractivity contribution in [2.24, 2.45) is 0 Å². The summed E-state index contributed by atoms with van der Waals surface area (Å²) in [7, 11) is 1.89. The first-order valence-electron chi connectivity index (χ1n) is 6.41. The molecule has 100 valence electrons. The number of hydrogen-bond donors (Lipinski definition) is 2. The smallest absolute Gasteiger partial charge is 0.225 e. The van der Waals surface area contributed by atoms with Gasteiger partial charge in [-0.15, -0.1) is 0 Å². The van der Waals surface area contributed by atoms with Crippen LogP contribution in [0.5, 0.6) is 0 Å². The molecule has 18 heavy (non-hydrogen) atoms. The molecule has 2 N–H and O–H groups in total. The van der Waals surface area contributed by atoms with Crippen LogP contribution in [0.1, 0.15) is 36.9 Å². The monoisotopic (exact) mass is 251 g/mol. The van der Waals surface area contributed by atoms with Crippen molar-refractivity contribution in [1.82, 2.24) is 9.97 Å². The third kappa shape index (κ3) is 2.79. The third-order valence-corrected chi connectivity index (χ3v) is 3.65. The van der Waals surface area contributed by atoms with E-state index in [1.165, 1.54) is 0 Å². The predicted molar refractivity (Wildman–Crippen MR) is 69.4 cm³/mol. The van der Waals surface area contributed by atoms with Gasteiger partial charge in [0.15, 0.2) is 0 Å². The molecule has 1 heterocycles. The van der Waals surface area contributed by atoms with E-state index in [9.17, 15) is 5.11 Å². The minimum Gasteiger partial charge on any atom is -0.392 e. The van der Waals surface area contributed by atoms with E-state index in [1.54, 1.807) is 6.20 Å². The standard InChI is InChI=1S/C13H21N3O2/c1-10-11(8-17)7-14-12(15-10)16(2)9-13(18)5-3-4-6-13/h7,17-18H,3-6,8-9H2,1-2H3. The number of anilines is 1. The number of hydrogen-bond acceptors (Lipinski definition) is 5. The fourth-order valence-electron chi connectivity index (χ4n) is 2.52. The van der Waals surface area contributed by atoms with Crippen LogP contribution in [-0.2, 0) is 6.61 Å². The van der Waals surface area contributed by atoms with E-state index in [4.69, 9.17) is 5.11 Å². The number of aliphatic hydroxyl groups excluding tert-OH is 1. The molecule has 1 aliphatic carbocycles. The molecular formula is C13H21N3O2. The lowest BCUT2D eigenvalue weighted by atomic mass is 10.0. The van der Waals surface area contributed by atoms with Crippen molar-refractivity contribution in [2.45, 2.75) is 44.8 Å². The normalized spacial score (nSPS) is 18.0. The fourth-order valence-corrected chi connectivity index (χ4v) is 2.52. The Balaban J connectivity index is 2.08. The molecule has 1 saturated carbocycles. The highest BCUT2D eigenvalue weighted by atomic mass is 16.3. The van der Waals surface area contributed by atoms with Gasteiger partial charge in [0.25, 0.3) is 0 Å². The Hall–Kier alpha value is -1.20. The SMILES string of the molecule is Cc1nc(N(C)CC2(O)CCCC2)ncc1CO. The van der Waals surface area contributed by atoms with Crippen LogP contribution in [0.3, 0.4) is 0 Å². The molecule has 0 radical (unpaired) electrons. The molecular weight excluding hydrogens is 230 g/mol. The fraction of sp³-hybridized carbons (Fsp3) is 0.692. The van der Waals surface area contributed by atoms with Gasteiger partial charge < -0.3 is 15.1 Å². The molecule has 0 atom stereocenters. The lowest BCUT2D eigenvalue weighted by molar-refractivity contribution is 0.0556. The van der Waals surface area contributed by atoms with Crippen molar-refractivity contribution < 1.29 is 10.2 Å². The quantitative estimate of drug-likeness (QED) is 0.836. The van der Waals surface area contributed by atoms with Crippen LogP contribution in [-0.4, -0.2) is 39.4 Å². The first-order valence-corrected chi connectivity index (χ1v) is 6.41. The maximum Gasteiger partial charge on any atom is 0.225 e. The van der Waals surface area contributed by atoms with Crippen LogP contribution < -0.4 is 4.90 Å². The molecule has 1 aromatic rings. The molecule has 1 aromatic heterocycles. The van der Waals surface area contributed by atoms with Gasteiger partial charge in [0, 0.05) is 31.0 Å². The third-order valence-electron chi connectivity index (χ3n) is 3.65. The summed E-state index contributed by atoms with van der Waals surface area (Å²) >= 11 is 0. The van der Waals surface area contributed by atoms with Gasteiger partial charge in [0.05, 0.1) is 12.2 Å². The molecule has 0 spiro atoms. The van der Waals surface area contributed by atoms with Gasteiger partial charge in [-0.2, -0.15) is 0 Å². The highest BCUT2D eigenvalue weighted by molar-refractivity contribution is 5.32. The van der Waals surface area contributed by atoms with Crippen LogP contribution >= 0.6 is 0 Å². The summed E-state index contributed by atoms with van der Waals surface area (Å²) in [6, 6.07) is 0. The lowest BCUT2D eigenvalue weighted by Gasteiger charge is -2.28. The van der Waals surface area contributed by atoms with Crippen LogP contribution in [0.2, 0.25) is 0 Å². The molecule has 0 aromatic carbocycles. The van der Waals surface area contributed by atoms with Gasteiger partial charge in [-0.05, 0) is 19.8 Å². The van der Waals surface area contributed by atoms with Crippen LogP contribution in [0.25, 0.3) is 0 Å². The summed E-state index contributed by atoms with van der Waals surface area (Å²) in [5.74, 6) is 0.602. The summed E-state index contributed by atoms with van der Waals surface area (Å²) < 4.78 is 0. The van der Waals surface area contributed by atoms with Crippen molar-refractivity contribution in [3.05, 3.63) is 17.5 Å². The average molecular weight is 251 g/mol. The van der Waals surface area contributed by atoms with E-state index in [0.29, 0.717) is 12.5 Å². The van der Waals surface area contributed by atoms with Gasteiger partial charge in [-0.3, -0.25) is 0 Å². The highest BCUT2D eigenvalue weighted by Crippen LogP contribution is 2.30. The molecule has 0 aliphatic heterocycles. The minimum absolute atomic E-state index is 0.0419. The van der Waals surface area contributed by atoms with E-state index in [-0.39, 0.29) is 6.61 Å². The van der Waals surface area contributed by atoms with E-state index in [2.05, 4.69) is 9.97 Å². The van der Waals surface area contributed by atoms with Gasteiger partial charge in [-0.25, -0.2) is 9.97 Å². The Labute approximate surface area is 107 Å². The Morgan fingerprint density at radius 2 is 2.06 bits per heavy atom. The van der Waals surface area contributed by atoms with Crippen LogP contribution in [0.4, 0.5) is 5.95 Å². The maximum absolute atomic E-state index is 10.4. The number of aromatic nitrogens is 2. The minimum atomic E-state index is -0.596. The van der Waals surface area contributed by atoms with Crippen molar-refractivity contribution in [3.63, 3.8) is 0 Å². The maximum atomic E-state index is 10.4. The first-order chi connectivity index (χ1) is 8.54. The average Bonchev–Trinajstić information content (AvgIpc) is 2.75. The molecule has 1 fully saturated rings. The van der Waals surface area contributed by atoms with E-state index >= 15 is 0 Å². The van der Waals surface area contributed by atoms with Crippen molar-refractivity contribution in [3.8, 4) is 0 Å². The molecule has 1 aliphatic rings. The van der Waals surface area contributed by atoms with E-state index in [1.807, 2.05) is 18.9 Å². The second-order valence-electron chi connectivity index (χ2n) is 5.23. The second kappa shape index (κ2) is 5.20. The highest BCUT2D eigenvalue weighted by Gasteiger charge is 2.32. The van der Waals surface area contributed by atoms with Gasteiger partial charge in [0.1, 0.15) is 0 Å². The zero-order valence-electron chi connectivity index (χ0n) is 11.1. The van der Waals surface area contributed by atoms with Gasteiger partial charge in [0.2, 0.25) is 5.95 Å². The molecule has 0 bridgehead atoms. The molecule has 5 nitrogen and oxygen atoms in total. The Morgan fingerprint density at radius 3 is 2.61 bits per heavy atom. The topological polar surface area (TPSA) is 69.5 Å². The number of aliphatic hydroxyl groups is 2. The second-order valence-corrected chi connectivity index (χ2v) is 5.23. The van der Waals surface area contributed by atoms with E-state index < -0.39 is 5.60 Å². The van der Waals surface area contributed by atoms with E-state index in [0.717, 1.165) is 36.9 Å². The summed E-state index contributed by atoms with van der Waals surface area (Å²) in [4.78, 5) is 10.5. The molecule has 0 saturated heterocycles. The number of rotatable bonds is 4. The number of nitrogens with zero attached hydrogens (tertiary/aromatic N) is 3. The summed E-state index contributed by atoms with van der Waals surface area (Å²) in [6.07, 6.45) is 5.53. The van der Waals surface area contributed by atoms with Gasteiger partial charge in [-0.1, -0.05) is 12.8 Å². The van der Waals surface area contributed by atoms with Crippen LogP contribution in [0, 0.1) is 6.92 Å². The zero-order chi connectivity index (χ0) is 13.2. The summed E-state index contributed by atoms with van der Waals surface area (Å²) in [5.41, 5.74) is 0.932.